The lowest BCUT2D eigenvalue weighted by molar-refractivity contribution is 0.128. The van der Waals surface area contributed by atoms with Crippen molar-refractivity contribution in [3.05, 3.63) is 34.3 Å². The number of hydrogen-bond donors (Lipinski definition) is 2. The van der Waals surface area contributed by atoms with Crippen molar-refractivity contribution >= 4 is 23.0 Å². The molecular formula is C15H22N4OS. The van der Waals surface area contributed by atoms with Crippen molar-refractivity contribution in [3.63, 3.8) is 0 Å². The van der Waals surface area contributed by atoms with Crippen LogP contribution in [0, 0.1) is 0 Å². The van der Waals surface area contributed by atoms with Gasteiger partial charge in [-0.15, -0.1) is 11.3 Å². The van der Waals surface area contributed by atoms with E-state index in [4.69, 9.17) is 4.74 Å². The maximum atomic E-state index is 5.39. The van der Waals surface area contributed by atoms with Crippen LogP contribution in [0.5, 0.6) is 0 Å². The fourth-order valence-electron chi connectivity index (χ4n) is 1.99. The average Bonchev–Trinajstić information content (AvgIpc) is 2.97. The van der Waals surface area contributed by atoms with Crippen molar-refractivity contribution in [1.29, 1.82) is 0 Å². The Hall–Kier alpha value is -1.66. The van der Waals surface area contributed by atoms with Crippen molar-refractivity contribution in [1.82, 2.24) is 9.97 Å². The van der Waals surface area contributed by atoms with Crippen LogP contribution in [0.2, 0.25) is 0 Å². The van der Waals surface area contributed by atoms with Gasteiger partial charge in [-0.1, -0.05) is 6.07 Å². The van der Waals surface area contributed by atoms with Crippen LogP contribution in [0.4, 0.5) is 11.6 Å². The Morgan fingerprint density at radius 2 is 2.14 bits per heavy atom. The second kappa shape index (κ2) is 7.95. The molecule has 0 bridgehead atoms. The Morgan fingerprint density at radius 3 is 2.81 bits per heavy atom. The molecule has 0 spiro atoms. The lowest BCUT2D eigenvalue weighted by Crippen LogP contribution is -2.19. The van der Waals surface area contributed by atoms with E-state index in [9.17, 15) is 0 Å². The van der Waals surface area contributed by atoms with Gasteiger partial charge in [0.15, 0.2) is 5.82 Å². The summed E-state index contributed by atoms with van der Waals surface area (Å²) in [6.07, 6.45) is 0.983. The average molecular weight is 306 g/mol. The normalized spacial score (nSPS) is 12.1. The summed E-state index contributed by atoms with van der Waals surface area (Å²) in [7, 11) is 1.85. The molecule has 0 amide bonds. The second-order valence-corrected chi connectivity index (χ2v) is 5.80. The van der Waals surface area contributed by atoms with Gasteiger partial charge in [0.25, 0.3) is 0 Å². The third kappa shape index (κ3) is 4.99. The van der Waals surface area contributed by atoms with Gasteiger partial charge in [-0.25, -0.2) is 9.97 Å². The van der Waals surface area contributed by atoms with Crippen molar-refractivity contribution in [2.45, 2.75) is 32.9 Å². The maximum Gasteiger partial charge on any atom is 0.158 e. The van der Waals surface area contributed by atoms with Crippen LogP contribution in [0.25, 0.3) is 0 Å². The Bertz CT molecular complexity index is 545. The van der Waals surface area contributed by atoms with Crippen LogP contribution in [0.15, 0.2) is 23.6 Å². The highest BCUT2D eigenvalue weighted by molar-refractivity contribution is 7.09. The topological polar surface area (TPSA) is 59.1 Å². The molecule has 0 fully saturated rings. The van der Waals surface area contributed by atoms with Gasteiger partial charge < -0.3 is 15.4 Å². The molecule has 114 valence electrons. The highest BCUT2D eigenvalue weighted by atomic mass is 32.1. The summed E-state index contributed by atoms with van der Waals surface area (Å²) in [5, 5.41) is 8.59. The van der Waals surface area contributed by atoms with Crippen LogP contribution < -0.4 is 10.6 Å². The summed E-state index contributed by atoms with van der Waals surface area (Å²) < 4.78 is 5.39. The van der Waals surface area contributed by atoms with Gasteiger partial charge in [-0.2, -0.15) is 0 Å². The van der Waals surface area contributed by atoms with E-state index in [2.05, 4.69) is 45.0 Å². The van der Waals surface area contributed by atoms with Crippen molar-refractivity contribution in [3.8, 4) is 0 Å². The first-order chi connectivity index (χ1) is 10.2. The quantitative estimate of drug-likeness (QED) is 0.784. The number of hydrogen-bond acceptors (Lipinski definition) is 6. The van der Waals surface area contributed by atoms with Crippen LogP contribution in [-0.2, 0) is 17.8 Å². The molecule has 0 aromatic carbocycles. The largest absolute Gasteiger partial charge is 0.374 e. The smallest absolute Gasteiger partial charge is 0.158 e. The fraction of sp³-hybridized carbons (Fsp3) is 0.467. The van der Waals surface area contributed by atoms with Crippen molar-refractivity contribution < 1.29 is 4.74 Å². The Kier molecular flexibility index (Phi) is 5.95. The zero-order chi connectivity index (χ0) is 15.1. The summed E-state index contributed by atoms with van der Waals surface area (Å²) >= 11 is 1.78. The van der Waals surface area contributed by atoms with Crippen LogP contribution in [0.1, 0.15) is 24.5 Å². The molecule has 2 N–H and O–H groups in total. The van der Waals surface area contributed by atoms with Crippen molar-refractivity contribution in [2.75, 3.05) is 24.3 Å². The fourth-order valence-corrected chi connectivity index (χ4v) is 2.83. The number of anilines is 2. The predicted molar refractivity (Wildman–Crippen MR) is 88.0 cm³/mol. The molecule has 21 heavy (non-hydrogen) atoms. The molecule has 1 atom stereocenters. The molecule has 0 aliphatic carbocycles. The lowest BCUT2D eigenvalue weighted by atomic mass is 10.2. The minimum absolute atomic E-state index is 0.309. The number of thiophene rings is 1. The summed E-state index contributed by atoms with van der Waals surface area (Å²) in [5.41, 5.74) is 0. The molecule has 2 aromatic heterocycles. The number of nitrogens with one attached hydrogen (secondary N) is 2. The highest BCUT2D eigenvalue weighted by Crippen LogP contribution is 2.16. The third-order valence-corrected chi connectivity index (χ3v) is 3.84. The molecule has 2 aromatic rings. The number of rotatable bonds is 8. The van der Waals surface area contributed by atoms with E-state index in [0.29, 0.717) is 25.1 Å². The third-order valence-electron chi connectivity index (χ3n) is 2.95. The van der Waals surface area contributed by atoms with Crippen LogP contribution >= 0.6 is 11.3 Å². The first-order valence-corrected chi connectivity index (χ1v) is 8.01. The van der Waals surface area contributed by atoms with E-state index >= 15 is 0 Å². The Morgan fingerprint density at radius 1 is 1.33 bits per heavy atom. The molecule has 2 rings (SSSR count). The lowest BCUT2D eigenvalue weighted by Gasteiger charge is -2.15. The first kappa shape index (κ1) is 15.7. The second-order valence-electron chi connectivity index (χ2n) is 4.77. The molecular weight excluding hydrogens is 284 g/mol. The van der Waals surface area contributed by atoms with E-state index in [1.54, 1.807) is 11.3 Å². The zero-order valence-electron chi connectivity index (χ0n) is 12.7. The molecule has 5 nitrogen and oxygen atoms in total. The maximum absolute atomic E-state index is 5.39. The molecule has 1 unspecified atom stereocenters. The van der Waals surface area contributed by atoms with E-state index in [1.807, 2.05) is 20.0 Å². The number of aromatic nitrogens is 2. The van der Waals surface area contributed by atoms with Crippen LogP contribution in [-0.4, -0.2) is 29.7 Å². The molecule has 6 heteroatoms. The van der Waals surface area contributed by atoms with Gasteiger partial charge in [-0.3, -0.25) is 0 Å². The molecule has 0 aliphatic heterocycles. The summed E-state index contributed by atoms with van der Waals surface area (Å²) in [5.74, 6) is 2.31. The van der Waals surface area contributed by atoms with E-state index in [-0.39, 0.29) is 0 Å². The minimum Gasteiger partial charge on any atom is -0.374 e. The molecule has 2 heterocycles. The number of ether oxygens (including phenoxy) is 1. The van der Waals surface area contributed by atoms with E-state index in [1.165, 1.54) is 4.88 Å². The number of nitrogens with zero attached hydrogens (tertiary/aromatic N) is 2. The summed E-state index contributed by atoms with van der Waals surface area (Å²) in [6, 6.07) is 6.46. The van der Waals surface area contributed by atoms with Gasteiger partial charge in [-0.05, 0) is 25.3 Å². The molecule has 0 saturated heterocycles. The zero-order valence-corrected chi connectivity index (χ0v) is 13.5. The predicted octanol–water partition coefficient (Wildman–Crippen LogP) is 3.16. The standard InChI is InChI=1S/C15H22N4OS/c1-4-20-10-15-18-13(16-3)9-14(19-15)17-11(2)8-12-6-5-7-21-12/h5-7,9,11H,4,8,10H2,1-3H3,(H2,16,17,18,19). The van der Waals surface area contributed by atoms with Gasteiger partial charge in [0, 0.05) is 37.1 Å². The summed E-state index contributed by atoms with van der Waals surface area (Å²) in [4.78, 5) is 10.3. The van der Waals surface area contributed by atoms with Gasteiger partial charge in [0.05, 0.1) is 0 Å². The highest BCUT2D eigenvalue weighted by Gasteiger charge is 2.08. The SMILES string of the molecule is CCOCc1nc(NC)cc(NC(C)Cc2cccs2)n1. The molecule has 0 saturated carbocycles. The Labute approximate surface area is 129 Å². The monoisotopic (exact) mass is 306 g/mol. The van der Waals surface area contributed by atoms with E-state index in [0.717, 1.165) is 18.1 Å². The summed E-state index contributed by atoms with van der Waals surface area (Å²) in [6.45, 7) is 5.21. The first-order valence-electron chi connectivity index (χ1n) is 7.13. The van der Waals surface area contributed by atoms with Crippen LogP contribution in [0.3, 0.4) is 0 Å². The molecule has 0 radical (unpaired) electrons. The molecule has 0 aliphatic rings. The Balaban J connectivity index is 2.03. The van der Waals surface area contributed by atoms with Gasteiger partial charge >= 0.3 is 0 Å². The van der Waals surface area contributed by atoms with Crippen molar-refractivity contribution in [2.24, 2.45) is 0 Å². The van der Waals surface area contributed by atoms with Gasteiger partial charge in [0.2, 0.25) is 0 Å². The van der Waals surface area contributed by atoms with E-state index < -0.39 is 0 Å². The minimum atomic E-state index is 0.309. The van der Waals surface area contributed by atoms with Gasteiger partial charge in [0.1, 0.15) is 18.2 Å².